The predicted octanol–water partition coefficient (Wildman–Crippen LogP) is 3.60. The average molecular weight is 279 g/mol. The molecule has 1 aliphatic rings. The van der Waals surface area contributed by atoms with Crippen molar-refractivity contribution in [1.82, 2.24) is 4.90 Å². The second-order valence-corrected chi connectivity index (χ2v) is 5.40. The fraction of sp³-hybridized carbons (Fsp3) is 0.263. The van der Waals surface area contributed by atoms with Gasteiger partial charge in [-0.05, 0) is 11.1 Å². The molecule has 2 aromatic carbocycles. The Kier molecular flexibility index (Phi) is 4.82. The molecule has 2 nitrogen and oxygen atoms in total. The van der Waals surface area contributed by atoms with Crippen molar-refractivity contribution < 1.29 is 4.74 Å². The molecule has 1 aliphatic heterocycles. The lowest BCUT2D eigenvalue weighted by Crippen LogP contribution is -2.41. The molecule has 0 N–H and O–H groups in total. The summed E-state index contributed by atoms with van der Waals surface area (Å²) < 4.78 is 5.84. The van der Waals surface area contributed by atoms with Gasteiger partial charge in [0.2, 0.25) is 0 Å². The molecule has 0 radical (unpaired) electrons. The summed E-state index contributed by atoms with van der Waals surface area (Å²) in [4.78, 5) is 2.46. The fourth-order valence-electron chi connectivity index (χ4n) is 2.62. The Labute approximate surface area is 126 Å². The first-order valence-electron chi connectivity index (χ1n) is 7.51. The van der Waals surface area contributed by atoms with Crippen LogP contribution < -0.4 is 0 Å². The maximum Gasteiger partial charge on any atom is 0.0886 e. The van der Waals surface area contributed by atoms with Gasteiger partial charge in [0.15, 0.2) is 0 Å². The third-order valence-electron chi connectivity index (χ3n) is 3.73. The smallest absolute Gasteiger partial charge is 0.0886 e. The van der Waals surface area contributed by atoms with Crippen LogP contribution >= 0.6 is 0 Å². The van der Waals surface area contributed by atoms with E-state index < -0.39 is 0 Å². The molecule has 1 atom stereocenters. The number of morpholine rings is 1. The summed E-state index contributed by atoms with van der Waals surface area (Å²) in [6, 6.07) is 21.0. The van der Waals surface area contributed by atoms with Crippen LogP contribution in [0.2, 0.25) is 0 Å². The highest BCUT2D eigenvalue weighted by molar-refractivity contribution is 5.49. The molecule has 0 spiro atoms. The molecule has 1 saturated heterocycles. The normalized spacial score (nSPS) is 19.9. The molecule has 0 aliphatic carbocycles. The third kappa shape index (κ3) is 4.28. The Balaban J connectivity index is 1.57. The van der Waals surface area contributed by atoms with E-state index in [0.717, 1.165) is 26.2 Å². The SMILES string of the molecule is C(=C\C1CN(Cc2ccccc2)CCO1)/c1ccccc1. The number of nitrogens with zero attached hydrogens (tertiary/aromatic N) is 1. The first kappa shape index (κ1) is 14.1. The molecule has 1 unspecified atom stereocenters. The van der Waals surface area contributed by atoms with E-state index in [1.54, 1.807) is 0 Å². The quantitative estimate of drug-likeness (QED) is 0.848. The van der Waals surface area contributed by atoms with Crippen LogP contribution in [0, 0.1) is 0 Å². The minimum Gasteiger partial charge on any atom is -0.371 e. The van der Waals surface area contributed by atoms with Gasteiger partial charge < -0.3 is 4.74 Å². The topological polar surface area (TPSA) is 12.5 Å². The summed E-state index contributed by atoms with van der Waals surface area (Å²) in [6.45, 7) is 3.76. The van der Waals surface area contributed by atoms with Crippen LogP contribution in [-0.4, -0.2) is 30.7 Å². The Bertz CT molecular complexity index is 565. The third-order valence-corrected chi connectivity index (χ3v) is 3.73. The zero-order valence-corrected chi connectivity index (χ0v) is 12.2. The summed E-state index contributed by atoms with van der Waals surface area (Å²) in [6.07, 6.45) is 4.51. The molecule has 0 bridgehead atoms. The van der Waals surface area contributed by atoms with Crippen LogP contribution in [0.4, 0.5) is 0 Å². The van der Waals surface area contributed by atoms with Crippen LogP contribution in [0.25, 0.3) is 6.08 Å². The Morgan fingerprint density at radius 2 is 1.71 bits per heavy atom. The number of ether oxygens (including phenoxy) is 1. The van der Waals surface area contributed by atoms with Crippen molar-refractivity contribution in [2.45, 2.75) is 12.6 Å². The molecule has 0 aromatic heterocycles. The van der Waals surface area contributed by atoms with Gasteiger partial charge in [0.1, 0.15) is 0 Å². The summed E-state index contributed by atoms with van der Waals surface area (Å²) in [5, 5.41) is 0. The Morgan fingerprint density at radius 3 is 2.48 bits per heavy atom. The van der Waals surface area contributed by atoms with Crippen LogP contribution in [0.15, 0.2) is 66.7 Å². The lowest BCUT2D eigenvalue weighted by Gasteiger charge is -2.31. The molecule has 21 heavy (non-hydrogen) atoms. The predicted molar refractivity (Wildman–Crippen MR) is 86.9 cm³/mol. The van der Waals surface area contributed by atoms with Gasteiger partial charge in [0, 0.05) is 19.6 Å². The van der Waals surface area contributed by atoms with Crippen LogP contribution in [0.3, 0.4) is 0 Å². The number of hydrogen-bond acceptors (Lipinski definition) is 2. The van der Waals surface area contributed by atoms with E-state index in [9.17, 15) is 0 Å². The average Bonchev–Trinajstić information content (AvgIpc) is 2.55. The summed E-state index contributed by atoms with van der Waals surface area (Å²) in [7, 11) is 0. The van der Waals surface area contributed by atoms with Crippen molar-refractivity contribution in [1.29, 1.82) is 0 Å². The van der Waals surface area contributed by atoms with E-state index in [1.165, 1.54) is 11.1 Å². The van der Waals surface area contributed by atoms with Gasteiger partial charge in [0.25, 0.3) is 0 Å². The van der Waals surface area contributed by atoms with Gasteiger partial charge >= 0.3 is 0 Å². The fourth-order valence-corrected chi connectivity index (χ4v) is 2.62. The lowest BCUT2D eigenvalue weighted by atomic mass is 10.1. The first-order valence-corrected chi connectivity index (χ1v) is 7.51. The molecule has 1 heterocycles. The molecular formula is C19H21NO. The molecule has 2 heteroatoms. The van der Waals surface area contributed by atoms with Crippen molar-refractivity contribution in [3.05, 3.63) is 77.9 Å². The van der Waals surface area contributed by atoms with Gasteiger partial charge in [-0.3, -0.25) is 4.90 Å². The highest BCUT2D eigenvalue weighted by Gasteiger charge is 2.18. The summed E-state index contributed by atoms with van der Waals surface area (Å²) in [5.74, 6) is 0. The number of rotatable bonds is 4. The van der Waals surface area contributed by atoms with Crippen LogP contribution in [-0.2, 0) is 11.3 Å². The van der Waals surface area contributed by atoms with Crippen molar-refractivity contribution in [2.75, 3.05) is 19.7 Å². The van der Waals surface area contributed by atoms with E-state index in [1.807, 2.05) is 6.07 Å². The van der Waals surface area contributed by atoms with Crippen molar-refractivity contribution in [2.24, 2.45) is 0 Å². The monoisotopic (exact) mass is 279 g/mol. The van der Waals surface area contributed by atoms with E-state index in [2.05, 4.69) is 71.6 Å². The molecule has 0 saturated carbocycles. The molecular weight excluding hydrogens is 258 g/mol. The molecule has 108 valence electrons. The summed E-state index contributed by atoms with van der Waals surface area (Å²) >= 11 is 0. The van der Waals surface area contributed by atoms with Crippen molar-refractivity contribution in [3.8, 4) is 0 Å². The standard InChI is InChI=1S/C19H21NO/c1-3-7-17(8-4-1)11-12-19-16-20(13-14-21-19)15-18-9-5-2-6-10-18/h1-12,19H,13-16H2/b12-11+. The maximum absolute atomic E-state index is 5.84. The van der Waals surface area contributed by atoms with Gasteiger partial charge in [-0.15, -0.1) is 0 Å². The minimum atomic E-state index is 0.183. The zero-order valence-electron chi connectivity index (χ0n) is 12.2. The van der Waals surface area contributed by atoms with Gasteiger partial charge in [0.05, 0.1) is 12.7 Å². The summed E-state index contributed by atoms with van der Waals surface area (Å²) in [5.41, 5.74) is 2.59. The number of benzene rings is 2. The van der Waals surface area contributed by atoms with Gasteiger partial charge in [-0.2, -0.15) is 0 Å². The lowest BCUT2D eigenvalue weighted by molar-refractivity contribution is -0.00610. The second-order valence-electron chi connectivity index (χ2n) is 5.40. The van der Waals surface area contributed by atoms with E-state index in [4.69, 9.17) is 4.74 Å². The molecule has 2 aromatic rings. The first-order chi connectivity index (χ1) is 10.4. The van der Waals surface area contributed by atoms with Crippen LogP contribution in [0.1, 0.15) is 11.1 Å². The highest BCUT2D eigenvalue weighted by Crippen LogP contribution is 2.12. The van der Waals surface area contributed by atoms with Gasteiger partial charge in [-0.1, -0.05) is 72.8 Å². The molecule has 0 amide bonds. The van der Waals surface area contributed by atoms with E-state index in [-0.39, 0.29) is 6.10 Å². The highest BCUT2D eigenvalue weighted by atomic mass is 16.5. The zero-order chi connectivity index (χ0) is 14.3. The molecule has 1 fully saturated rings. The Morgan fingerprint density at radius 1 is 1.00 bits per heavy atom. The second kappa shape index (κ2) is 7.21. The van der Waals surface area contributed by atoms with Crippen molar-refractivity contribution >= 4 is 6.08 Å². The minimum absolute atomic E-state index is 0.183. The largest absolute Gasteiger partial charge is 0.371 e. The van der Waals surface area contributed by atoms with E-state index in [0.29, 0.717) is 0 Å². The number of hydrogen-bond donors (Lipinski definition) is 0. The van der Waals surface area contributed by atoms with E-state index >= 15 is 0 Å². The molecule has 3 rings (SSSR count). The van der Waals surface area contributed by atoms with Crippen LogP contribution in [0.5, 0.6) is 0 Å². The van der Waals surface area contributed by atoms with Crippen molar-refractivity contribution in [3.63, 3.8) is 0 Å². The van der Waals surface area contributed by atoms with Gasteiger partial charge in [-0.25, -0.2) is 0 Å². The maximum atomic E-state index is 5.84. The Hall–Kier alpha value is -1.90.